The summed E-state index contributed by atoms with van der Waals surface area (Å²) in [5.41, 5.74) is 1.09. The van der Waals surface area contributed by atoms with Gasteiger partial charge in [0.1, 0.15) is 0 Å². The van der Waals surface area contributed by atoms with Gasteiger partial charge in [-0.2, -0.15) is 0 Å². The van der Waals surface area contributed by atoms with Crippen LogP contribution in [0.25, 0.3) is 0 Å². The molecule has 1 heterocycles. The van der Waals surface area contributed by atoms with Gasteiger partial charge in [0.2, 0.25) is 0 Å². The van der Waals surface area contributed by atoms with E-state index in [-0.39, 0.29) is 28.8 Å². The number of halogens is 2. The molecule has 0 aliphatic carbocycles. The second-order valence-electron chi connectivity index (χ2n) is 4.92. The number of hydrogen-bond acceptors (Lipinski definition) is 2. The van der Waals surface area contributed by atoms with Crippen LogP contribution in [-0.2, 0) is 0 Å². The van der Waals surface area contributed by atoms with Crippen LogP contribution in [-0.4, -0.2) is 41.7 Å². The summed E-state index contributed by atoms with van der Waals surface area (Å²) in [6, 6.07) is 7.05. The fourth-order valence-corrected chi connectivity index (χ4v) is 2.69. The van der Waals surface area contributed by atoms with Crippen molar-refractivity contribution in [1.82, 2.24) is 4.90 Å². The minimum absolute atomic E-state index is 0. The highest BCUT2D eigenvalue weighted by Gasteiger charge is 2.34. The van der Waals surface area contributed by atoms with Gasteiger partial charge >= 0.3 is 0 Å². The number of carbonyl (C=O) groups excluding carboxylic acids is 2. The van der Waals surface area contributed by atoms with Crippen molar-refractivity contribution in [3.05, 3.63) is 35.4 Å². The van der Waals surface area contributed by atoms with Crippen LogP contribution in [0.5, 0.6) is 0 Å². The van der Waals surface area contributed by atoms with Crippen LogP contribution >= 0.6 is 15.9 Å². The molecular formula is C15H20Br2N2O2. The Balaban J connectivity index is 0.00000220. The molecule has 4 nitrogen and oxygen atoms in total. The van der Waals surface area contributed by atoms with E-state index in [1.807, 2.05) is 0 Å². The molecule has 0 unspecified atom stereocenters. The van der Waals surface area contributed by atoms with Crippen LogP contribution in [0.1, 0.15) is 40.0 Å². The highest BCUT2D eigenvalue weighted by atomic mass is 79.9. The molecule has 1 aromatic rings. The maximum absolute atomic E-state index is 12.1. The topological polar surface area (TPSA) is 54.0 Å². The first-order chi connectivity index (χ1) is 9.75. The lowest BCUT2D eigenvalue weighted by atomic mass is 10.1. The Kier molecular flexibility index (Phi) is 8.14. The van der Waals surface area contributed by atoms with Crippen molar-refractivity contribution in [3.8, 4) is 0 Å². The summed E-state index contributed by atoms with van der Waals surface area (Å²) in [5.74, 6) is -0.289. The van der Waals surface area contributed by atoms with E-state index in [1.165, 1.54) is 11.3 Å². The van der Waals surface area contributed by atoms with Gasteiger partial charge in [0.15, 0.2) is 0 Å². The van der Waals surface area contributed by atoms with Crippen molar-refractivity contribution >= 4 is 27.7 Å². The molecule has 0 atom stereocenters. The Morgan fingerprint density at radius 1 is 0.952 bits per heavy atom. The maximum atomic E-state index is 12.1. The lowest BCUT2D eigenvalue weighted by molar-refractivity contribution is -0.654. The number of nitrogens with two attached hydrogens (primary N) is 1. The van der Waals surface area contributed by atoms with E-state index < -0.39 is 0 Å². The summed E-state index contributed by atoms with van der Waals surface area (Å²) in [5, 5.41) is 3.32. The third-order valence-electron chi connectivity index (χ3n) is 3.46. The quantitative estimate of drug-likeness (QED) is 0.314. The van der Waals surface area contributed by atoms with Gasteiger partial charge in [-0.1, -0.05) is 28.1 Å². The average Bonchev–Trinajstić information content (AvgIpc) is 2.71. The molecule has 0 saturated heterocycles. The molecule has 2 N–H and O–H groups in total. The highest BCUT2D eigenvalue weighted by molar-refractivity contribution is 9.09. The summed E-state index contributed by atoms with van der Waals surface area (Å²) in [7, 11) is 0. The molecule has 116 valence electrons. The molecule has 2 amide bonds. The SMILES string of the molecule is O=C1c2ccccc2C(=O)N1CCCC[NH2+]CCCBr.[Br-]. The number of unbranched alkanes of at least 4 members (excludes halogenated alkanes) is 1. The normalized spacial score (nSPS) is 13.3. The molecule has 6 heteroatoms. The minimum Gasteiger partial charge on any atom is -1.00 e. The second-order valence-corrected chi connectivity index (χ2v) is 5.72. The summed E-state index contributed by atoms with van der Waals surface area (Å²) < 4.78 is 0. The predicted octanol–water partition coefficient (Wildman–Crippen LogP) is -1.58. The van der Waals surface area contributed by atoms with Crippen molar-refractivity contribution in [2.75, 3.05) is 25.0 Å². The first-order valence-corrected chi connectivity index (χ1v) is 8.20. The van der Waals surface area contributed by atoms with E-state index >= 15 is 0 Å². The Morgan fingerprint density at radius 3 is 2.10 bits per heavy atom. The Hall–Kier alpha value is -0.720. The van der Waals surface area contributed by atoms with Crippen molar-refractivity contribution < 1.29 is 31.9 Å². The molecule has 21 heavy (non-hydrogen) atoms. The minimum atomic E-state index is -0.145. The smallest absolute Gasteiger partial charge is 0.261 e. The molecule has 1 aliphatic heterocycles. The maximum Gasteiger partial charge on any atom is 0.261 e. The number of carbonyl (C=O) groups is 2. The van der Waals surface area contributed by atoms with Crippen molar-refractivity contribution in [2.24, 2.45) is 0 Å². The second kappa shape index (κ2) is 9.33. The molecule has 1 aliphatic rings. The molecule has 0 radical (unpaired) electrons. The Bertz CT molecular complexity index is 459. The number of quaternary nitrogens is 1. The van der Waals surface area contributed by atoms with Crippen LogP contribution < -0.4 is 22.3 Å². The summed E-state index contributed by atoms with van der Waals surface area (Å²) in [6.07, 6.45) is 3.06. The van der Waals surface area contributed by atoms with E-state index in [4.69, 9.17) is 0 Å². The Morgan fingerprint density at radius 2 is 1.52 bits per heavy atom. The number of rotatable bonds is 8. The lowest BCUT2D eigenvalue weighted by Gasteiger charge is -2.13. The summed E-state index contributed by atoms with van der Waals surface area (Å²) in [6.45, 7) is 2.70. The van der Waals surface area contributed by atoms with Crippen molar-refractivity contribution in [3.63, 3.8) is 0 Å². The van der Waals surface area contributed by atoms with Gasteiger partial charge in [-0.25, -0.2) is 0 Å². The number of amides is 2. The van der Waals surface area contributed by atoms with Gasteiger partial charge < -0.3 is 22.3 Å². The molecule has 0 spiro atoms. The molecular weight excluding hydrogens is 400 g/mol. The third-order valence-corrected chi connectivity index (χ3v) is 4.02. The number of nitrogens with zero attached hydrogens (tertiary/aromatic N) is 1. The monoisotopic (exact) mass is 418 g/mol. The van der Waals surface area contributed by atoms with E-state index in [0.29, 0.717) is 17.7 Å². The lowest BCUT2D eigenvalue weighted by Crippen LogP contribution is -3.00. The predicted molar refractivity (Wildman–Crippen MR) is 81.1 cm³/mol. The van der Waals surface area contributed by atoms with Crippen LogP contribution in [0.4, 0.5) is 0 Å². The van der Waals surface area contributed by atoms with Crippen LogP contribution in [0.3, 0.4) is 0 Å². The number of fused-ring (bicyclic) bond motifs is 1. The van der Waals surface area contributed by atoms with E-state index in [9.17, 15) is 9.59 Å². The molecule has 1 aromatic carbocycles. The average molecular weight is 420 g/mol. The standard InChI is InChI=1S/C15H19BrN2O2.BrH/c16-8-5-10-17-9-3-4-11-18-14(19)12-6-1-2-7-13(12)15(18)20;/h1-2,6-7,17H,3-5,8-11H2;1H. The van der Waals surface area contributed by atoms with Gasteiger partial charge in [0.05, 0.1) is 24.2 Å². The molecule has 2 rings (SSSR count). The molecule has 0 saturated carbocycles. The zero-order valence-corrected chi connectivity index (χ0v) is 15.0. The van der Waals surface area contributed by atoms with Crippen LogP contribution in [0.2, 0.25) is 0 Å². The van der Waals surface area contributed by atoms with Crippen molar-refractivity contribution in [2.45, 2.75) is 19.3 Å². The Labute approximate surface area is 144 Å². The third kappa shape index (κ3) is 4.63. The zero-order chi connectivity index (χ0) is 14.4. The van der Waals surface area contributed by atoms with Gasteiger partial charge in [-0.05, 0) is 25.0 Å². The van der Waals surface area contributed by atoms with E-state index in [0.717, 1.165) is 31.3 Å². The van der Waals surface area contributed by atoms with Crippen LogP contribution in [0.15, 0.2) is 24.3 Å². The number of alkyl halides is 1. The van der Waals surface area contributed by atoms with E-state index in [1.54, 1.807) is 24.3 Å². The van der Waals surface area contributed by atoms with Gasteiger partial charge in [0, 0.05) is 18.3 Å². The highest BCUT2D eigenvalue weighted by Crippen LogP contribution is 2.22. The van der Waals surface area contributed by atoms with Gasteiger partial charge in [-0.3, -0.25) is 14.5 Å². The first kappa shape index (κ1) is 18.3. The van der Waals surface area contributed by atoms with E-state index in [2.05, 4.69) is 21.2 Å². The zero-order valence-electron chi connectivity index (χ0n) is 11.9. The van der Waals surface area contributed by atoms with Gasteiger partial charge in [0.25, 0.3) is 11.8 Å². The molecule has 0 bridgehead atoms. The number of benzene rings is 1. The molecule has 0 fully saturated rings. The fourth-order valence-electron chi connectivity index (χ4n) is 2.37. The molecule has 0 aromatic heterocycles. The first-order valence-electron chi connectivity index (χ1n) is 7.08. The fraction of sp³-hybridized carbons (Fsp3) is 0.467. The largest absolute Gasteiger partial charge is 1.00 e. The number of imide groups is 1. The summed E-state index contributed by atoms with van der Waals surface area (Å²) >= 11 is 3.40. The van der Waals surface area contributed by atoms with Crippen molar-refractivity contribution in [1.29, 1.82) is 0 Å². The van der Waals surface area contributed by atoms with Gasteiger partial charge in [-0.15, -0.1) is 0 Å². The summed E-state index contributed by atoms with van der Waals surface area (Å²) in [4.78, 5) is 25.6. The number of hydrogen-bond donors (Lipinski definition) is 1. The van der Waals surface area contributed by atoms with Crippen LogP contribution in [0, 0.1) is 0 Å².